The van der Waals surface area contributed by atoms with Crippen molar-refractivity contribution in [3.05, 3.63) is 24.3 Å². The Morgan fingerprint density at radius 1 is 1.22 bits per heavy atom. The second-order valence-electron chi connectivity index (χ2n) is 7.93. The predicted octanol–water partition coefficient (Wildman–Crippen LogP) is 2.73. The zero-order valence-corrected chi connectivity index (χ0v) is 16.2. The Bertz CT molecular complexity index is 685. The number of alkyl carbamates (subject to hydrolysis) is 1. The Hall–Kier alpha value is -2.44. The number of para-hydroxylation sites is 2. The van der Waals surface area contributed by atoms with Crippen LogP contribution in [0.3, 0.4) is 0 Å². The van der Waals surface area contributed by atoms with Crippen molar-refractivity contribution >= 4 is 12.0 Å². The molecule has 2 atom stereocenters. The summed E-state index contributed by atoms with van der Waals surface area (Å²) in [4.78, 5) is 26.8. The summed E-state index contributed by atoms with van der Waals surface area (Å²) in [5.41, 5.74) is -0.549. The van der Waals surface area contributed by atoms with Gasteiger partial charge in [-0.25, -0.2) is 4.79 Å². The maximum Gasteiger partial charge on any atom is 0.407 e. The summed E-state index contributed by atoms with van der Waals surface area (Å²) in [6.07, 6.45) is 1.67. The molecule has 27 heavy (non-hydrogen) atoms. The topological polar surface area (TPSA) is 77.1 Å². The summed E-state index contributed by atoms with van der Waals surface area (Å²) >= 11 is 0. The van der Waals surface area contributed by atoms with Gasteiger partial charge in [0, 0.05) is 19.1 Å². The Balaban J connectivity index is 1.60. The third kappa shape index (κ3) is 5.05. The van der Waals surface area contributed by atoms with Crippen LogP contribution in [-0.2, 0) is 9.53 Å². The molecule has 2 amide bonds. The number of ether oxygens (including phenoxy) is 3. The van der Waals surface area contributed by atoms with Gasteiger partial charge in [-0.2, -0.15) is 0 Å². The highest BCUT2D eigenvalue weighted by atomic mass is 16.6. The molecule has 0 spiro atoms. The second-order valence-corrected chi connectivity index (χ2v) is 7.93. The summed E-state index contributed by atoms with van der Waals surface area (Å²) in [5.74, 6) is 1.14. The van der Waals surface area contributed by atoms with E-state index in [2.05, 4.69) is 5.32 Å². The van der Waals surface area contributed by atoms with Gasteiger partial charge in [-0.3, -0.25) is 4.79 Å². The maximum atomic E-state index is 13.0. The molecule has 2 aliphatic rings. The van der Waals surface area contributed by atoms with E-state index >= 15 is 0 Å². The fourth-order valence-electron chi connectivity index (χ4n) is 3.34. The number of benzene rings is 1. The highest BCUT2D eigenvalue weighted by molar-refractivity contribution is 5.82. The highest BCUT2D eigenvalue weighted by Gasteiger charge is 2.35. The molecule has 1 N–H and O–H groups in total. The number of carbonyl (C=O) groups is 2. The summed E-state index contributed by atoms with van der Waals surface area (Å²) in [5, 5.41) is 2.79. The number of amides is 2. The third-order valence-electron chi connectivity index (χ3n) is 4.58. The lowest BCUT2D eigenvalue weighted by atomic mass is 10.0. The standard InChI is InChI=1S/C20H28N2O5/c1-20(2,3)27-19(24)21-12-14-8-6-7-11-22(14)18(23)17-13-25-15-9-4-5-10-16(15)26-17/h4-5,9-10,14,17H,6-8,11-13H2,1-3H3,(H,21,24)/t14-,17-/m0/s1. The van der Waals surface area contributed by atoms with Crippen LogP contribution in [0, 0.1) is 0 Å². The van der Waals surface area contributed by atoms with E-state index in [0.29, 0.717) is 24.6 Å². The average molecular weight is 376 g/mol. The smallest absolute Gasteiger partial charge is 0.407 e. The average Bonchev–Trinajstić information content (AvgIpc) is 2.64. The van der Waals surface area contributed by atoms with Gasteiger partial charge >= 0.3 is 6.09 Å². The largest absolute Gasteiger partial charge is 0.485 e. The van der Waals surface area contributed by atoms with E-state index in [1.807, 2.05) is 43.9 Å². The van der Waals surface area contributed by atoms with Crippen LogP contribution in [0.15, 0.2) is 24.3 Å². The number of nitrogens with one attached hydrogen (secondary N) is 1. The van der Waals surface area contributed by atoms with Crippen LogP contribution in [-0.4, -0.2) is 54.3 Å². The van der Waals surface area contributed by atoms with Crippen molar-refractivity contribution < 1.29 is 23.8 Å². The van der Waals surface area contributed by atoms with E-state index in [1.165, 1.54) is 0 Å². The maximum absolute atomic E-state index is 13.0. The van der Waals surface area contributed by atoms with E-state index < -0.39 is 17.8 Å². The van der Waals surface area contributed by atoms with Crippen molar-refractivity contribution in [2.75, 3.05) is 19.7 Å². The number of hydrogen-bond acceptors (Lipinski definition) is 5. The first-order valence-electron chi connectivity index (χ1n) is 9.49. The highest BCUT2D eigenvalue weighted by Crippen LogP contribution is 2.32. The van der Waals surface area contributed by atoms with E-state index in [4.69, 9.17) is 14.2 Å². The van der Waals surface area contributed by atoms with E-state index in [9.17, 15) is 9.59 Å². The van der Waals surface area contributed by atoms with Crippen LogP contribution in [0.1, 0.15) is 40.0 Å². The monoisotopic (exact) mass is 376 g/mol. The Morgan fingerprint density at radius 3 is 2.70 bits per heavy atom. The SMILES string of the molecule is CC(C)(C)OC(=O)NC[C@@H]1CCCCN1C(=O)[C@@H]1COc2ccccc2O1. The quantitative estimate of drug-likeness (QED) is 0.878. The van der Waals surface area contributed by atoms with Gasteiger partial charge in [-0.05, 0) is 52.2 Å². The van der Waals surface area contributed by atoms with Crippen molar-refractivity contribution in [2.45, 2.75) is 57.8 Å². The molecule has 1 saturated heterocycles. The summed E-state index contributed by atoms with van der Waals surface area (Å²) < 4.78 is 16.8. The Labute approximate surface area is 160 Å². The van der Waals surface area contributed by atoms with Crippen molar-refractivity contribution in [1.29, 1.82) is 0 Å². The van der Waals surface area contributed by atoms with Crippen LogP contribution in [0.5, 0.6) is 11.5 Å². The van der Waals surface area contributed by atoms with Gasteiger partial charge in [0.2, 0.25) is 6.10 Å². The normalized spacial score (nSPS) is 22.1. The first kappa shape index (κ1) is 19.3. The summed E-state index contributed by atoms with van der Waals surface area (Å²) in [6.45, 7) is 6.67. The molecule has 0 radical (unpaired) electrons. The lowest BCUT2D eigenvalue weighted by Crippen LogP contribution is -2.55. The van der Waals surface area contributed by atoms with Gasteiger partial charge in [0.15, 0.2) is 11.5 Å². The molecule has 148 valence electrons. The van der Waals surface area contributed by atoms with Crippen LogP contribution in [0.4, 0.5) is 4.79 Å². The molecular weight excluding hydrogens is 348 g/mol. The van der Waals surface area contributed by atoms with E-state index in [1.54, 1.807) is 6.07 Å². The Kier molecular flexibility index (Phi) is 5.77. The molecule has 7 heteroatoms. The van der Waals surface area contributed by atoms with E-state index in [-0.39, 0.29) is 18.6 Å². The van der Waals surface area contributed by atoms with Crippen molar-refractivity contribution in [2.24, 2.45) is 0 Å². The van der Waals surface area contributed by atoms with Gasteiger partial charge in [-0.15, -0.1) is 0 Å². The first-order valence-corrected chi connectivity index (χ1v) is 9.49. The molecule has 0 bridgehead atoms. The first-order chi connectivity index (χ1) is 12.8. The van der Waals surface area contributed by atoms with Crippen molar-refractivity contribution in [3.8, 4) is 11.5 Å². The molecule has 2 aliphatic heterocycles. The van der Waals surface area contributed by atoms with Gasteiger partial charge in [0.05, 0.1) is 0 Å². The minimum atomic E-state index is -0.665. The molecule has 7 nitrogen and oxygen atoms in total. The van der Waals surface area contributed by atoms with Crippen molar-refractivity contribution in [1.82, 2.24) is 10.2 Å². The van der Waals surface area contributed by atoms with E-state index in [0.717, 1.165) is 19.3 Å². The molecule has 3 rings (SSSR count). The van der Waals surface area contributed by atoms with Crippen LogP contribution >= 0.6 is 0 Å². The molecule has 1 aromatic carbocycles. The Morgan fingerprint density at radius 2 is 1.96 bits per heavy atom. The number of fused-ring (bicyclic) bond motifs is 1. The van der Waals surface area contributed by atoms with Crippen LogP contribution < -0.4 is 14.8 Å². The molecule has 2 heterocycles. The predicted molar refractivity (Wildman–Crippen MR) is 99.9 cm³/mol. The fourth-order valence-corrected chi connectivity index (χ4v) is 3.34. The third-order valence-corrected chi connectivity index (χ3v) is 4.58. The lowest BCUT2D eigenvalue weighted by Gasteiger charge is -2.38. The van der Waals surface area contributed by atoms with Gasteiger partial charge in [0.25, 0.3) is 5.91 Å². The minimum absolute atomic E-state index is 0.0699. The van der Waals surface area contributed by atoms with Gasteiger partial charge < -0.3 is 24.4 Å². The van der Waals surface area contributed by atoms with Crippen LogP contribution in [0.25, 0.3) is 0 Å². The van der Waals surface area contributed by atoms with Gasteiger partial charge in [0.1, 0.15) is 12.2 Å². The second kappa shape index (κ2) is 8.06. The molecular formula is C20H28N2O5. The van der Waals surface area contributed by atoms with Gasteiger partial charge in [-0.1, -0.05) is 12.1 Å². The molecule has 0 saturated carbocycles. The number of likely N-dealkylation sites (tertiary alicyclic amines) is 1. The molecule has 1 fully saturated rings. The fraction of sp³-hybridized carbons (Fsp3) is 0.600. The number of nitrogens with zero attached hydrogens (tertiary/aromatic N) is 1. The molecule has 0 unspecified atom stereocenters. The molecule has 1 aromatic rings. The number of hydrogen-bond donors (Lipinski definition) is 1. The molecule has 0 aromatic heterocycles. The number of piperidine rings is 1. The van der Waals surface area contributed by atoms with Crippen molar-refractivity contribution in [3.63, 3.8) is 0 Å². The minimum Gasteiger partial charge on any atom is -0.485 e. The van der Waals surface area contributed by atoms with Crippen LogP contribution in [0.2, 0.25) is 0 Å². The zero-order chi connectivity index (χ0) is 19.4. The summed E-state index contributed by atoms with van der Waals surface area (Å²) in [7, 11) is 0. The number of carbonyl (C=O) groups excluding carboxylic acids is 2. The lowest BCUT2D eigenvalue weighted by molar-refractivity contribution is -0.145. The molecule has 0 aliphatic carbocycles. The number of rotatable bonds is 3. The summed E-state index contributed by atoms with van der Waals surface area (Å²) in [6, 6.07) is 7.27. The zero-order valence-electron chi connectivity index (χ0n) is 16.2.